The molecule has 0 radical (unpaired) electrons. The largest absolute Gasteiger partial charge is 0.465 e. The van der Waals surface area contributed by atoms with E-state index in [0.29, 0.717) is 27.6 Å². The van der Waals surface area contributed by atoms with E-state index in [1.165, 1.54) is 11.8 Å². The third-order valence-electron chi connectivity index (χ3n) is 4.02. The molecule has 0 aliphatic rings. The van der Waals surface area contributed by atoms with Crippen molar-refractivity contribution >= 4 is 34.8 Å². The van der Waals surface area contributed by atoms with Crippen LogP contribution >= 0.6 is 23.2 Å². The van der Waals surface area contributed by atoms with Gasteiger partial charge in [-0.2, -0.15) is 0 Å². The Kier molecular flexibility index (Phi) is 7.34. The minimum absolute atomic E-state index is 0.344. The van der Waals surface area contributed by atoms with Crippen LogP contribution < -0.4 is 9.47 Å². The first-order valence-corrected chi connectivity index (χ1v) is 9.96. The Morgan fingerprint density at radius 1 is 0.862 bits per heavy atom. The minimum Gasteiger partial charge on any atom is -0.465 e. The van der Waals surface area contributed by atoms with Crippen LogP contribution in [0.3, 0.4) is 0 Å². The van der Waals surface area contributed by atoms with E-state index in [-0.39, 0.29) is 0 Å². The molecule has 3 aromatic carbocycles. The van der Waals surface area contributed by atoms with E-state index >= 15 is 0 Å². The number of nitrogens with zero attached hydrogens (tertiary/aromatic N) is 1. The highest BCUT2D eigenvalue weighted by molar-refractivity contribution is 6.34. The molecule has 3 aromatic rings. The fourth-order valence-corrected chi connectivity index (χ4v) is 3.04. The van der Waals surface area contributed by atoms with Crippen molar-refractivity contribution in [3.8, 4) is 11.5 Å². The maximum atomic E-state index is 6.08. The first-order chi connectivity index (χ1) is 14.0. The fourth-order valence-electron chi connectivity index (χ4n) is 2.53. The van der Waals surface area contributed by atoms with Crippen molar-refractivity contribution in [1.82, 2.24) is 0 Å². The molecule has 148 valence electrons. The van der Waals surface area contributed by atoms with E-state index in [1.54, 1.807) is 24.3 Å². The second-order valence-electron chi connectivity index (χ2n) is 6.64. The highest BCUT2D eigenvalue weighted by Crippen LogP contribution is 2.25. The SMILES string of the molecule is CC(C)c1ccc(N=C(C=COc2ccccc2)Oc2cc(Cl)cc(Cl)c2)cc1. The molecule has 0 atom stereocenters. The summed E-state index contributed by atoms with van der Waals surface area (Å²) in [6, 6.07) is 22.5. The van der Waals surface area contributed by atoms with Gasteiger partial charge in [-0.05, 0) is 53.9 Å². The summed E-state index contributed by atoms with van der Waals surface area (Å²) in [5.41, 5.74) is 2.01. The predicted octanol–water partition coefficient (Wildman–Crippen LogP) is 7.82. The fraction of sp³-hybridized carbons (Fsp3) is 0.125. The zero-order valence-corrected chi connectivity index (χ0v) is 17.7. The van der Waals surface area contributed by atoms with Gasteiger partial charge in [-0.25, -0.2) is 4.99 Å². The average Bonchev–Trinajstić information content (AvgIpc) is 2.68. The number of benzene rings is 3. The highest BCUT2D eigenvalue weighted by atomic mass is 35.5. The van der Waals surface area contributed by atoms with Crippen LogP contribution in [0.5, 0.6) is 11.5 Å². The maximum Gasteiger partial charge on any atom is 0.222 e. The zero-order valence-electron chi connectivity index (χ0n) is 16.2. The van der Waals surface area contributed by atoms with Crippen molar-refractivity contribution in [1.29, 1.82) is 0 Å². The molecule has 0 aliphatic heterocycles. The van der Waals surface area contributed by atoms with E-state index in [4.69, 9.17) is 32.7 Å². The first kappa shape index (κ1) is 21.0. The van der Waals surface area contributed by atoms with E-state index in [9.17, 15) is 0 Å². The molecule has 0 unspecified atom stereocenters. The molecule has 0 bridgehead atoms. The number of aliphatic imine (C=N–C) groups is 1. The van der Waals surface area contributed by atoms with Gasteiger partial charge >= 0.3 is 0 Å². The summed E-state index contributed by atoms with van der Waals surface area (Å²) in [6.45, 7) is 4.30. The molecular weight excluding hydrogens is 405 g/mol. The number of rotatable bonds is 6. The van der Waals surface area contributed by atoms with Crippen LogP contribution in [0, 0.1) is 0 Å². The van der Waals surface area contributed by atoms with Gasteiger partial charge < -0.3 is 9.47 Å². The topological polar surface area (TPSA) is 30.8 Å². The van der Waals surface area contributed by atoms with Crippen LogP contribution in [0.4, 0.5) is 5.69 Å². The highest BCUT2D eigenvalue weighted by Gasteiger charge is 2.05. The molecule has 0 saturated carbocycles. The zero-order chi connectivity index (χ0) is 20.6. The van der Waals surface area contributed by atoms with Crippen LogP contribution in [0.1, 0.15) is 25.3 Å². The Balaban J connectivity index is 1.85. The molecule has 0 aliphatic carbocycles. The van der Waals surface area contributed by atoms with Crippen LogP contribution in [0.15, 0.2) is 90.1 Å². The molecule has 29 heavy (non-hydrogen) atoms. The molecule has 0 amide bonds. The van der Waals surface area contributed by atoms with Crippen LogP contribution in [-0.4, -0.2) is 5.90 Å². The van der Waals surface area contributed by atoms with Crippen LogP contribution in [-0.2, 0) is 0 Å². The van der Waals surface area contributed by atoms with Gasteiger partial charge in [0.05, 0.1) is 11.9 Å². The smallest absolute Gasteiger partial charge is 0.222 e. The molecule has 0 saturated heterocycles. The van der Waals surface area contributed by atoms with Gasteiger partial charge in [-0.15, -0.1) is 0 Å². The Hall–Kier alpha value is -2.75. The Morgan fingerprint density at radius 3 is 2.14 bits per heavy atom. The monoisotopic (exact) mass is 425 g/mol. The van der Waals surface area contributed by atoms with Crippen LogP contribution in [0.25, 0.3) is 0 Å². The molecule has 3 nitrogen and oxygen atoms in total. The number of halogens is 2. The van der Waals surface area contributed by atoms with Gasteiger partial charge in [0.25, 0.3) is 0 Å². The lowest BCUT2D eigenvalue weighted by atomic mass is 10.0. The third-order valence-corrected chi connectivity index (χ3v) is 4.45. The number of para-hydroxylation sites is 1. The second-order valence-corrected chi connectivity index (χ2v) is 7.51. The van der Waals surface area contributed by atoms with Crippen molar-refractivity contribution in [2.75, 3.05) is 0 Å². The Bertz CT molecular complexity index is 977. The van der Waals surface area contributed by atoms with Gasteiger partial charge in [-0.3, -0.25) is 0 Å². The molecule has 5 heteroatoms. The van der Waals surface area contributed by atoms with Crippen molar-refractivity contribution in [3.05, 3.63) is 101 Å². The molecule has 3 rings (SSSR count). The summed E-state index contributed by atoms with van der Waals surface area (Å²) in [7, 11) is 0. The van der Waals surface area contributed by atoms with Gasteiger partial charge in [0.1, 0.15) is 11.5 Å². The molecule has 0 aromatic heterocycles. The first-order valence-electron chi connectivity index (χ1n) is 9.20. The van der Waals surface area contributed by atoms with E-state index in [1.807, 2.05) is 42.5 Å². The summed E-state index contributed by atoms with van der Waals surface area (Å²) in [5.74, 6) is 2.01. The maximum absolute atomic E-state index is 6.08. The van der Waals surface area contributed by atoms with Gasteiger partial charge in [0.15, 0.2) is 0 Å². The van der Waals surface area contributed by atoms with Gasteiger partial charge in [0.2, 0.25) is 5.90 Å². The van der Waals surface area contributed by atoms with Gasteiger partial charge in [-0.1, -0.05) is 67.4 Å². The minimum atomic E-state index is 0.344. The predicted molar refractivity (Wildman–Crippen MR) is 121 cm³/mol. The number of ether oxygens (including phenoxy) is 2. The molecule has 0 heterocycles. The molecule has 0 N–H and O–H groups in total. The van der Waals surface area contributed by atoms with Gasteiger partial charge in [0, 0.05) is 16.1 Å². The Morgan fingerprint density at radius 2 is 1.52 bits per heavy atom. The summed E-state index contributed by atoms with van der Waals surface area (Å²) >= 11 is 12.2. The second kappa shape index (κ2) is 10.1. The van der Waals surface area contributed by atoms with Crippen molar-refractivity contribution in [2.24, 2.45) is 4.99 Å². The molecular formula is C24H21Cl2NO2. The summed E-state index contributed by atoms with van der Waals surface area (Å²) in [4.78, 5) is 4.59. The quantitative estimate of drug-likeness (QED) is 0.229. The lowest BCUT2D eigenvalue weighted by molar-refractivity contribution is 0.479. The average molecular weight is 426 g/mol. The normalized spacial score (nSPS) is 11.8. The standard InChI is InChI=1S/C24H21Cl2NO2/c1-17(2)18-8-10-21(11-9-18)27-24(12-13-28-22-6-4-3-5-7-22)29-23-15-19(25)14-20(26)16-23/h3-17H,1-2H3. The van der Waals surface area contributed by atoms with E-state index in [2.05, 4.69) is 31.0 Å². The third kappa shape index (κ3) is 6.67. The molecule has 0 spiro atoms. The van der Waals surface area contributed by atoms with Crippen molar-refractivity contribution in [2.45, 2.75) is 19.8 Å². The number of hydrogen-bond donors (Lipinski definition) is 0. The van der Waals surface area contributed by atoms with Crippen molar-refractivity contribution < 1.29 is 9.47 Å². The van der Waals surface area contributed by atoms with E-state index in [0.717, 1.165) is 11.4 Å². The summed E-state index contributed by atoms with van der Waals surface area (Å²) in [6.07, 6.45) is 3.18. The van der Waals surface area contributed by atoms with E-state index < -0.39 is 0 Å². The van der Waals surface area contributed by atoms with Crippen molar-refractivity contribution in [3.63, 3.8) is 0 Å². The Labute approximate surface area is 181 Å². The number of hydrogen-bond acceptors (Lipinski definition) is 3. The lowest BCUT2D eigenvalue weighted by Crippen LogP contribution is -2.05. The summed E-state index contributed by atoms with van der Waals surface area (Å²) in [5, 5.41) is 0.968. The molecule has 0 fully saturated rings. The van der Waals surface area contributed by atoms with Crippen LogP contribution in [0.2, 0.25) is 10.0 Å². The summed E-state index contributed by atoms with van der Waals surface area (Å²) < 4.78 is 11.5. The lowest BCUT2D eigenvalue weighted by Gasteiger charge is -2.08.